The van der Waals surface area contributed by atoms with E-state index < -0.39 is 23.9 Å². The van der Waals surface area contributed by atoms with Gasteiger partial charge < -0.3 is 60.0 Å². The molecule has 14 heteroatoms. The summed E-state index contributed by atoms with van der Waals surface area (Å²) in [6, 6.07) is 18.8. The van der Waals surface area contributed by atoms with Crippen LogP contribution in [0.2, 0.25) is 0 Å². The maximum Gasteiger partial charge on any atom is 2.00 e. The quantitative estimate of drug-likeness (QED) is 0.176. The Hall–Kier alpha value is -5.00. The zero-order valence-corrected chi connectivity index (χ0v) is 29.5. The summed E-state index contributed by atoms with van der Waals surface area (Å²) < 4.78 is 0. The Bertz CT molecular complexity index is 1480. The number of hydrogen-bond donors (Lipinski definition) is 0. The molecule has 8 N–H and O–H groups in total. The summed E-state index contributed by atoms with van der Waals surface area (Å²) in [5, 5.41) is 70.8. The van der Waals surface area contributed by atoms with Crippen LogP contribution in [0, 0.1) is 0 Å². The fraction of sp³-hybridized carbons (Fsp3) is 0.222. The van der Waals surface area contributed by atoms with Gasteiger partial charge in [-0.15, -0.1) is 0 Å². The zero-order valence-electron chi connectivity index (χ0n) is 27.6. The Labute approximate surface area is 310 Å². The number of aryl methyl sites for hydroxylation is 4. The molecule has 4 aromatic carbocycles. The van der Waals surface area contributed by atoms with Gasteiger partial charge in [-0.1, -0.05) is 27.7 Å². The minimum absolute atomic E-state index is 0. The van der Waals surface area contributed by atoms with Crippen molar-refractivity contribution in [3.8, 4) is 23.0 Å². The van der Waals surface area contributed by atoms with Crippen molar-refractivity contribution in [1.82, 2.24) is 0 Å². The smallest absolute Gasteiger partial charge is 0.593 e. The van der Waals surface area contributed by atoms with Gasteiger partial charge in [0.25, 0.3) is 23.0 Å². The minimum Gasteiger partial charge on any atom is -0.593 e. The van der Waals surface area contributed by atoms with Gasteiger partial charge in [0, 0.05) is 24.3 Å². The molecule has 0 bridgehead atoms. The standard InChI is InChI=1S/4C9H10O3.2Cu/c4*1-2-6-3-4-8(10)7(5-6)9(11)12;;/h4*3-5,10H,2H2,1H3,(H,11,12);;/q;;;;2*+2. The van der Waals surface area contributed by atoms with Crippen molar-refractivity contribution >= 4 is 23.9 Å². The Morgan fingerprint density at radius 1 is 0.400 bits per heavy atom. The molecule has 0 heterocycles. The number of carboxylic acid groups (broad SMARTS) is 4. The molecule has 0 saturated carbocycles. The molecule has 0 spiro atoms. The van der Waals surface area contributed by atoms with Crippen LogP contribution in [0.3, 0.4) is 0 Å². The van der Waals surface area contributed by atoms with E-state index >= 15 is 0 Å². The molecule has 0 amide bonds. The van der Waals surface area contributed by atoms with Gasteiger partial charge in [0.2, 0.25) is 0 Å². The Balaban J connectivity index is 0. The summed E-state index contributed by atoms with van der Waals surface area (Å²) in [5.41, 5.74) is 3.50. The summed E-state index contributed by atoms with van der Waals surface area (Å²) in [6.07, 6.45) is 3.06. The van der Waals surface area contributed by atoms with E-state index in [-0.39, 0.29) is 79.4 Å². The monoisotopic (exact) mass is 790 g/mol. The molecule has 2 radical (unpaired) electrons. The molecule has 0 aliphatic heterocycles. The van der Waals surface area contributed by atoms with E-state index in [0.717, 1.165) is 47.9 Å². The molecular formula is C36H40Cu2O12+4. The van der Waals surface area contributed by atoms with Gasteiger partial charge in [0.05, 0.1) is 46.1 Å². The first-order valence-corrected chi connectivity index (χ1v) is 14.8. The molecule has 0 aromatic heterocycles. The molecule has 50 heavy (non-hydrogen) atoms. The number of carbonyl (C=O) groups excluding carboxylic acids is 4. The van der Waals surface area contributed by atoms with Gasteiger partial charge in [-0.25, -0.2) is 0 Å². The fourth-order valence-corrected chi connectivity index (χ4v) is 3.92. The van der Waals surface area contributed by atoms with Crippen LogP contribution in [0.25, 0.3) is 0 Å². The zero-order chi connectivity index (χ0) is 36.6. The van der Waals surface area contributed by atoms with Crippen LogP contribution < -0.4 is 20.4 Å². The average Bonchev–Trinajstić information content (AvgIpc) is 3.06. The third-order valence-corrected chi connectivity index (χ3v) is 6.85. The van der Waals surface area contributed by atoms with E-state index in [9.17, 15) is 39.6 Å². The van der Waals surface area contributed by atoms with Crippen molar-refractivity contribution in [2.45, 2.75) is 53.4 Å². The average molecular weight is 792 g/mol. The van der Waals surface area contributed by atoms with Crippen molar-refractivity contribution in [1.29, 1.82) is 0 Å². The molecule has 0 unspecified atom stereocenters. The van der Waals surface area contributed by atoms with E-state index in [1.54, 1.807) is 24.3 Å². The van der Waals surface area contributed by atoms with Crippen LogP contribution in [0.15, 0.2) is 72.8 Å². The molecule has 4 rings (SSSR count). The van der Waals surface area contributed by atoms with Crippen LogP contribution in [0.1, 0.15) is 91.4 Å². The van der Waals surface area contributed by atoms with E-state index in [2.05, 4.69) is 0 Å². The second-order valence-corrected chi connectivity index (χ2v) is 10.1. The third-order valence-electron chi connectivity index (χ3n) is 6.85. The third kappa shape index (κ3) is 15.0. The summed E-state index contributed by atoms with van der Waals surface area (Å²) in [6.45, 7) is 7.71. The second-order valence-electron chi connectivity index (χ2n) is 10.1. The molecule has 0 saturated heterocycles. The van der Waals surface area contributed by atoms with Gasteiger partial charge in [0.1, 0.15) is 0 Å². The van der Waals surface area contributed by atoms with Crippen LogP contribution in [0.4, 0.5) is 0 Å². The van der Waals surface area contributed by atoms with Crippen molar-refractivity contribution in [2.24, 2.45) is 0 Å². The van der Waals surface area contributed by atoms with Crippen LogP contribution in [-0.4, -0.2) is 44.3 Å². The van der Waals surface area contributed by atoms with Crippen molar-refractivity contribution < 1.29 is 94.2 Å². The number of carbonyl (C=O) groups is 4. The van der Waals surface area contributed by atoms with Gasteiger partial charge in [0.15, 0.2) is 0 Å². The normalized spacial score (nSPS) is 9.36. The van der Waals surface area contributed by atoms with E-state index in [0.29, 0.717) is 0 Å². The molecule has 4 aromatic rings. The van der Waals surface area contributed by atoms with Gasteiger partial charge in [-0.05, 0) is 96.5 Å². The summed E-state index contributed by atoms with van der Waals surface area (Å²) >= 11 is 0. The molecule has 0 fully saturated rings. The molecular weight excluding hydrogens is 751 g/mol. The van der Waals surface area contributed by atoms with Crippen molar-refractivity contribution in [2.75, 3.05) is 0 Å². The Morgan fingerprint density at radius 3 is 0.680 bits per heavy atom. The Kier molecular flexibility index (Phi) is 22.0. The fourth-order valence-electron chi connectivity index (χ4n) is 3.92. The number of rotatable bonds is 8. The number of aromatic carboxylic acids is 4. The summed E-state index contributed by atoms with van der Waals surface area (Å²) in [4.78, 5) is 41.8. The largest absolute Gasteiger partial charge is 2.00 e. The first-order valence-electron chi connectivity index (χ1n) is 14.8. The van der Waals surface area contributed by atoms with E-state index in [1.807, 2.05) is 27.7 Å². The van der Waals surface area contributed by atoms with E-state index in [1.165, 1.54) is 48.5 Å². The first-order chi connectivity index (χ1) is 22.6. The molecule has 12 nitrogen and oxygen atoms in total. The molecule has 0 aliphatic rings. The Morgan fingerprint density at radius 2 is 0.560 bits per heavy atom. The maximum atomic E-state index is 10.5. The van der Waals surface area contributed by atoms with Gasteiger partial charge in [-0.2, -0.15) is 0 Å². The van der Waals surface area contributed by atoms with Gasteiger partial charge in [-0.3, -0.25) is 0 Å². The first kappa shape index (κ1) is 47.1. The van der Waals surface area contributed by atoms with Crippen LogP contribution in [0.5, 0.6) is 23.0 Å². The maximum absolute atomic E-state index is 10.5. The predicted octanol–water partition coefficient (Wildman–Crippen LogP) is 0.197. The minimum atomic E-state index is -1.28. The number of hydrogen-bond acceptors (Lipinski definition) is 8. The SMILES string of the molecule is CCc1ccc([OH2+])c(C(=O)[O-])c1.CCc1ccc([OH2+])c(C(=O)[O-])c1.CCc1ccc([OH2+])c(C(=O)[O-])c1.CCc1ccc([OH2+])c(C(=O)[O-])c1.[Cu+2].[Cu+2]. The van der Waals surface area contributed by atoms with Crippen LogP contribution in [-0.2, 0) is 59.8 Å². The van der Waals surface area contributed by atoms with Crippen molar-refractivity contribution in [3.05, 3.63) is 117 Å². The number of benzene rings is 4. The summed E-state index contributed by atoms with van der Waals surface area (Å²) in [7, 11) is 0. The van der Waals surface area contributed by atoms with Crippen LogP contribution >= 0.6 is 0 Å². The predicted molar refractivity (Wildman–Crippen MR) is 173 cm³/mol. The molecule has 0 atom stereocenters. The van der Waals surface area contributed by atoms with Crippen molar-refractivity contribution in [3.63, 3.8) is 0 Å². The topological polar surface area (TPSA) is 252 Å². The second kappa shape index (κ2) is 23.4. The number of carboxylic acids is 4. The van der Waals surface area contributed by atoms with E-state index in [4.69, 9.17) is 20.4 Å². The molecule has 0 aliphatic carbocycles. The summed E-state index contributed by atoms with van der Waals surface area (Å²) in [5.74, 6) is -5.10. The van der Waals surface area contributed by atoms with Gasteiger partial charge >= 0.3 is 34.1 Å². The molecule has 274 valence electrons.